The molecule has 0 aromatic heterocycles. The average Bonchev–Trinajstić information content (AvgIpc) is 3.42. The lowest BCUT2D eigenvalue weighted by atomic mass is 9.83. The van der Waals surface area contributed by atoms with Crippen LogP contribution in [0.5, 0.6) is 0 Å². The van der Waals surface area contributed by atoms with E-state index in [1.54, 1.807) is 5.01 Å². The standard InChI is InChI=1S/C22H31N5O3/c28-21(26-10-8-23-9-11-26)18-14-25(13-17-7-4-12-30-17)15-19-20(18)24-27(22(19)29)16-5-2-1-3-6-16/h1-3,5-6,17-20,23-24H,4,7-15H2. The van der Waals surface area contributed by atoms with Gasteiger partial charge in [-0.2, -0.15) is 0 Å². The van der Waals surface area contributed by atoms with Crippen LogP contribution in [-0.2, 0) is 14.3 Å². The zero-order valence-electron chi connectivity index (χ0n) is 17.3. The van der Waals surface area contributed by atoms with Gasteiger partial charge in [0.2, 0.25) is 11.8 Å². The van der Waals surface area contributed by atoms with Gasteiger partial charge in [-0.1, -0.05) is 18.2 Å². The highest BCUT2D eigenvalue weighted by Gasteiger charge is 2.51. The maximum atomic E-state index is 13.5. The number of hydrazine groups is 1. The van der Waals surface area contributed by atoms with Crippen molar-refractivity contribution in [2.24, 2.45) is 11.8 Å². The van der Waals surface area contributed by atoms with Crippen molar-refractivity contribution in [3.63, 3.8) is 0 Å². The summed E-state index contributed by atoms with van der Waals surface area (Å²) in [4.78, 5) is 31.1. The van der Waals surface area contributed by atoms with Crippen molar-refractivity contribution in [1.29, 1.82) is 0 Å². The Labute approximate surface area is 177 Å². The second-order valence-electron chi connectivity index (χ2n) is 8.81. The van der Waals surface area contributed by atoms with Crippen molar-refractivity contribution in [1.82, 2.24) is 20.5 Å². The second-order valence-corrected chi connectivity index (χ2v) is 8.81. The third-order valence-electron chi connectivity index (χ3n) is 6.84. The van der Waals surface area contributed by atoms with Crippen molar-refractivity contribution in [2.45, 2.75) is 25.0 Å². The summed E-state index contributed by atoms with van der Waals surface area (Å²) in [7, 11) is 0. The molecule has 0 bridgehead atoms. The lowest BCUT2D eigenvalue weighted by Gasteiger charge is -2.41. The number of anilines is 1. The molecule has 8 heteroatoms. The average molecular weight is 414 g/mol. The fourth-order valence-electron chi connectivity index (χ4n) is 5.28. The normalized spacial score (nSPS) is 32.5. The van der Waals surface area contributed by atoms with Gasteiger partial charge in [0.15, 0.2) is 0 Å². The summed E-state index contributed by atoms with van der Waals surface area (Å²) in [5.41, 5.74) is 4.24. The van der Waals surface area contributed by atoms with Crippen molar-refractivity contribution in [2.75, 3.05) is 57.4 Å². The molecule has 1 aromatic carbocycles. The highest BCUT2D eigenvalue weighted by atomic mass is 16.5. The number of nitrogens with zero attached hydrogens (tertiary/aromatic N) is 3. The van der Waals surface area contributed by atoms with E-state index in [1.807, 2.05) is 35.2 Å². The molecule has 30 heavy (non-hydrogen) atoms. The molecule has 4 atom stereocenters. The van der Waals surface area contributed by atoms with Crippen LogP contribution in [0.25, 0.3) is 0 Å². The third kappa shape index (κ3) is 3.85. The number of benzene rings is 1. The van der Waals surface area contributed by atoms with E-state index in [-0.39, 0.29) is 35.8 Å². The molecule has 0 spiro atoms. The molecule has 8 nitrogen and oxygen atoms in total. The van der Waals surface area contributed by atoms with Crippen LogP contribution in [0.15, 0.2) is 30.3 Å². The molecule has 162 valence electrons. The zero-order valence-corrected chi connectivity index (χ0v) is 17.3. The first-order chi connectivity index (χ1) is 14.7. The summed E-state index contributed by atoms with van der Waals surface area (Å²) >= 11 is 0. The van der Waals surface area contributed by atoms with Crippen LogP contribution in [0.2, 0.25) is 0 Å². The molecule has 5 rings (SSSR count). The molecular weight excluding hydrogens is 382 g/mol. The quantitative estimate of drug-likeness (QED) is 0.727. The first-order valence-electron chi connectivity index (χ1n) is 11.2. The zero-order chi connectivity index (χ0) is 20.5. The maximum absolute atomic E-state index is 13.5. The van der Waals surface area contributed by atoms with Crippen molar-refractivity contribution < 1.29 is 14.3 Å². The number of likely N-dealkylation sites (tertiary alicyclic amines) is 1. The van der Waals surface area contributed by atoms with Crippen LogP contribution in [0, 0.1) is 11.8 Å². The molecule has 2 amide bonds. The van der Waals surface area contributed by atoms with Gasteiger partial charge in [0, 0.05) is 52.4 Å². The van der Waals surface area contributed by atoms with Crippen LogP contribution in [0.1, 0.15) is 12.8 Å². The lowest BCUT2D eigenvalue weighted by molar-refractivity contribution is -0.140. The van der Waals surface area contributed by atoms with E-state index < -0.39 is 0 Å². The number of fused-ring (bicyclic) bond motifs is 1. The van der Waals surface area contributed by atoms with Crippen molar-refractivity contribution in [3.8, 4) is 0 Å². The Morgan fingerprint density at radius 3 is 2.67 bits per heavy atom. The summed E-state index contributed by atoms with van der Waals surface area (Å²) in [5, 5.41) is 4.97. The topological polar surface area (TPSA) is 77.2 Å². The van der Waals surface area contributed by atoms with Crippen molar-refractivity contribution >= 4 is 17.5 Å². The number of carbonyl (C=O) groups excluding carboxylic acids is 2. The number of nitrogens with one attached hydrogen (secondary N) is 2. The first-order valence-corrected chi connectivity index (χ1v) is 11.2. The van der Waals surface area contributed by atoms with Gasteiger partial charge in [-0.05, 0) is 25.0 Å². The van der Waals surface area contributed by atoms with Gasteiger partial charge in [0.05, 0.1) is 29.7 Å². The summed E-state index contributed by atoms with van der Waals surface area (Å²) in [6.07, 6.45) is 2.37. The summed E-state index contributed by atoms with van der Waals surface area (Å²) in [6, 6.07) is 9.50. The number of rotatable bonds is 4. The number of hydrogen-bond donors (Lipinski definition) is 2. The SMILES string of the molecule is O=C(C1CN(CC2CCCO2)CC2C(=O)N(c3ccccc3)NC12)N1CCNCC1. The maximum Gasteiger partial charge on any atom is 0.247 e. The molecule has 4 heterocycles. The summed E-state index contributed by atoms with van der Waals surface area (Å²) < 4.78 is 5.84. The number of piperazine rings is 1. The van der Waals surface area contributed by atoms with Gasteiger partial charge in [0.25, 0.3) is 0 Å². The Hall–Kier alpha value is -2.00. The third-order valence-corrected chi connectivity index (χ3v) is 6.84. The first kappa shape index (κ1) is 19.9. The number of hydrogen-bond acceptors (Lipinski definition) is 6. The molecule has 4 fully saturated rings. The number of amides is 2. The van der Waals surface area contributed by atoms with E-state index in [4.69, 9.17) is 4.74 Å². The number of para-hydroxylation sites is 1. The largest absolute Gasteiger partial charge is 0.377 e. The molecular formula is C22H31N5O3. The molecule has 0 radical (unpaired) electrons. The molecule has 0 saturated carbocycles. The van der Waals surface area contributed by atoms with Crippen LogP contribution < -0.4 is 15.8 Å². The Morgan fingerprint density at radius 2 is 1.93 bits per heavy atom. The van der Waals surface area contributed by atoms with Crippen LogP contribution >= 0.6 is 0 Å². The van der Waals surface area contributed by atoms with E-state index in [0.29, 0.717) is 13.1 Å². The summed E-state index contributed by atoms with van der Waals surface area (Å²) in [6.45, 7) is 6.08. The smallest absolute Gasteiger partial charge is 0.247 e. The van der Waals surface area contributed by atoms with E-state index in [0.717, 1.165) is 57.9 Å². The fourth-order valence-corrected chi connectivity index (χ4v) is 5.28. The van der Waals surface area contributed by atoms with Crippen LogP contribution in [0.4, 0.5) is 5.69 Å². The van der Waals surface area contributed by atoms with E-state index in [9.17, 15) is 9.59 Å². The monoisotopic (exact) mass is 413 g/mol. The lowest BCUT2D eigenvalue weighted by Crippen LogP contribution is -2.60. The Morgan fingerprint density at radius 1 is 1.13 bits per heavy atom. The van der Waals surface area contributed by atoms with E-state index in [2.05, 4.69) is 15.6 Å². The Kier molecular flexibility index (Phi) is 5.73. The molecule has 1 aromatic rings. The fraction of sp³-hybridized carbons (Fsp3) is 0.636. The predicted molar refractivity (Wildman–Crippen MR) is 113 cm³/mol. The molecule has 4 aliphatic heterocycles. The predicted octanol–water partition coefficient (Wildman–Crippen LogP) is 0.0652. The van der Waals surface area contributed by atoms with Crippen LogP contribution in [0.3, 0.4) is 0 Å². The number of carbonyl (C=O) groups is 2. The van der Waals surface area contributed by atoms with Gasteiger partial charge >= 0.3 is 0 Å². The Bertz CT molecular complexity index is 763. The summed E-state index contributed by atoms with van der Waals surface area (Å²) in [5.74, 6) is -0.238. The molecule has 4 saturated heterocycles. The van der Waals surface area contributed by atoms with Gasteiger partial charge in [-0.15, -0.1) is 0 Å². The second kappa shape index (κ2) is 8.63. The Balaban J connectivity index is 1.38. The van der Waals surface area contributed by atoms with Gasteiger partial charge in [0.1, 0.15) is 0 Å². The van der Waals surface area contributed by atoms with Gasteiger partial charge in [-0.25, -0.2) is 10.4 Å². The molecule has 4 unspecified atom stereocenters. The minimum atomic E-state index is -0.235. The molecule has 0 aliphatic carbocycles. The minimum Gasteiger partial charge on any atom is -0.377 e. The van der Waals surface area contributed by atoms with Crippen molar-refractivity contribution in [3.05, 3.63) is 30.3 Å². The highest BCUT2D eigenvalue weighted by molar-refractivity contribution is 5.98. The minimum absolute atomic E-state index is 0.0568. The highest BCUT2D eigenvalue weighted by Crippen LogP contribution is 2.33. The van der Waals surface area contributed by atoms with E-state index in [1.165, 1.54) is 0 Å². The molecule has 2 N–H and O–H groups in total. The number of piperidine rings is 1. The van der Waals surface area contributed by atoms with E-state index >= 15 is 0 Å². The van der Waals surface area contributed by atoms with Crippen LogP contribution in [-0.4, -0.2) is 86.2 Å². The number of ether oxygens (including phenoxy) is 1. The van der Waals surface area contributed by atoms with Gasteiger partial charge < -0.3 is 15.0 Å². The molecule has 4 aliphatic rings. The van der Waals surface area contributed by atoms with Gasteiger partial charge in [-0.3, -0.25) is 14.5 Å².